The van der Waals surface area contributed by atoms with Crippen molar-refractivity contribution in [3.63, 3.8) is 0 Å². The predicted molar refractivity (Wildman–Crippen MR) is 107 cm³/mol. The van der Waals surface area contributed by atoms with Crippen molar-refractivity contribution in [3.8, 4) is 0 Å². The second-order valence-electron chi connectivity index (χ2n) is 6.95. The summed E-state index contributed by atoms with van der Waals surface area (Å²) in [6, 6.07) is 7.24. The summed E-state index contributed by atoms with van der Waals surface area (Å²) in [6.07, 6.45) is -3.46. The van der Waals surface area contributed by atoms with Crippen molar-refractivity contribution in [1.82, 2.24) is 4.90 Å². The van der Waals surface area contributed by atoms with E-state index < -0.39 is 29.7 Å². The molecule has 0 spiro atoms. The molecule has 156 valence electrons. The molecule has 3 rings (SSSR count). The number of nitrogens with zero attached hydrogens (tertiary/aromatic N) is 1. The standard InChI is InChI=1S/C20H17Cl3F3NO2/c21-15-7-6-12(20(24,25)26)9-14(15)18(13-4-1-5-16(22)17(13)23)27-8-2-3-11(10-27)19(28)29/h1,4-7,9,11,18H,2-3,8,10H2,(H,28,29). The summed E-state index contributed by atoms with van der Waals surface area (Å²) in [5.41, 5.74) is -0.157. The molecule has 2 unspecified atom stereocenters. The van der Waals surface area contributed by atoms with Gasteiger partial charge in [0.1, 0.15) is 0 Å². The molecule has 1 aliphatic rings. The van der Waals surface area contributed by atoms with Gasteiger partial charge in [-0.1, -0.05) is 46.9 Å². The first-order valence-corrected chi connectivity index (χ1v) is 10.0. The van der Waals surface area contributed by atoms with Gasteiger partial charge in [0.15, 0.2) is 0 Å². The molecule has 1 aliphatic heterocycles. The van der Waals surface area contributed by atoms with Crippen LogP contribution in [0.4, 0.5) is 13.2 Å². The molecular formula is C20H17Cl3F3NO2. The summed E-state index contributed by atoms with van der Waals surface area (Å²) in [5.74, 6) is -1.57. The quantitative estimate of drug-likeness (QED) is 0.555. The van der Waals surface area contributed by atoms with Crippen LogP contribution in [-0.4, -0.2) is 29.1 Å². The van der Waals surface area contributed by atoms with E-state index in [2.05, 4.69) is 0 Å². The fraction of sp³-hybridized carbons (Fsp3) is 0.350. The highest BCUT2D eigenvalue weighted by molar-refractivity contribution is 6.42. The van der Waals surface area contributed by atoms with E-state index in [1.807, 2.05) is 0 Å². The Morgan fingerprint density at radius 1 is 1.10 bits per heavy atom. The van der Waals surface area contributed by atoms with Gasteiger partial charge in [-0.25, -0.2) is 0 Å². The number of carbonyl (C=O) groups is 1. The topological polar surface area (TPSA) is 40.5 Å². The Hall–Kier alpha value is -1.47. The van der Waals surface area contributed by atoms with Gasteiger partial charge in [0.25, 0.3) is 0 Å². The van der Waals surface area contributed by atoms with Gasteiger partial charge in [-0.05, 0) is 54.8 Å². The molecule has 0 saturated carbocycles. The number of piperidine rings is 1. The Balaban J connectivity index is 2.16. The molecule has 2 aromatic carbocycles. The predicted octanol–water partition coefficient (Wildman–Crippen LogP) is 6.55. The smallest absolute Gasteiger partial charge is 0.416 e. The zero-order valence-corrected chi connectivity index (χ0v) is 17.3. The van der Waals surface area contributed by atoms with Crippen LogP contribution in [0.15, 0.2) is 36.4 Å². The molecule has 0 amide bonds. The molecule has 29 heavy (non-hydrogen) atoms. The normalized spacial score (nSPS) is 19.2. The minimum absolute atomic E-state index is 0.136. The first kappa shape index (κ1) is 22.2. The van der Waals surface area contributed by atoms with Gasteiger partial charge in [-0.15, -0.1) is 0 Å². The van der Waals surface area contributed by atoms with E-state index in [1.54, 1.807) is 23.1 Å². The lowest BCUT2D eigenvalue weighted by Crippen LogP contribution is -2.41. The van der Waals surface area contributed by atoms with E-state index in [0.717, 1.165) is 12.1 Å². The third-order valence-electron chi connectivity index (χ3n) is 5.06. The largest absolute Gasteiger partial charge is 0.481 e. The lowest BCUT2D eigenvalue weighted by atomic mass is 9.90. The lowest BCUT2D eigenvalue weighted by molar-refractivity contribution is -0.143. The first-order chi connectivity index (χ1) is 13.6. The van der Waals surface area contributed by atoms with Crippen LogP contribution in [0.3, 0.4) is 0 Å². The fourth-order valence-electron chi connectivity index (χ4n) is 3.66. The number of hydrogen-bond donors (Lipinski definition) is 1. The number of rotatable bonds is 4. The lowest BCUT2D eigenvalue weighted by Gasteiger charge is -2.38. The molecule has 0 aromatic heterocycles. The van der Waals surface area contributed by atoms with Crippen LogP contribution in [0.2, 0.25) is 15.1 Å². The molecule has 1 heterocycles. The van der Waals surface area contributed by atoms with Crippen LogP contribution in [0.25, 0.3) is 0 Å². The number of alkyl halides is 3. The number of carboxylic acids is 1. The summed E-state index contributed by atoms with van der Waals surface area (Å²) in [5, 5.41) is 10.0. The highest BCUT2D eigenvalue weighted by atomic mass is 35.5. The van der Waals surface area contributed by atoms with Gasteiger partial charge in [-0.2, -0.15) is 13.2 Å². The fourth-order valence-corrected chi connectivity index (χ4v) is 4.30. The Morgan fingerprint density at radius 3 is 2.48 bits per heavy atom. The van der Waals surface area contributed by atoms with Crippen molar-refractivity contribution in [2.45, 2.75) is 25.1 Å². The van der Waals surface area contributed by atoms with Crippen LogP contribution in [0.1, 0.15) is 35.6 Å². The van der Waals surface area contributed by atoms with Gasteiger partial charge in [0.2, 0.25) is 0 Å². The average molecular weight is 467 g/mol. The SMILES string of the molecule is O=C(O)C1CCCN(C(c2cc(C(F)(F)F)ccc2Cl)c2cccc(Cl)c2Cl)C1. The van der Waals surface area contributed by atoms with Gasteiger partial charge < -0.3 is 5.11 Å². The molecule has 1 saturated heterocycles. The second kappa shape index (κ2) is 8.72. The Bertz CT molecular complexity index is 920. The van der Waals surface area contributed by atoms with Gasteiger partial charge in [-0.3, -0.25) is 9.69 Å². The number of aliphatic carboxylic acids is 1. The van der Waals surface area contributed by atoms with Crippen molar-refractivity contribution in [2.24, 2.45) is 5.92 Å². The molecule has 0 aliphatic carbocycles. The molecule has 1 fully saturated rings. The van der Waals surface area contributed by atoms with Gasteiger partial charge >= 0.3 is 12.1 Å². The molecule has 0 radical (unpaired) electrons. The van der Waals surface area contributed by atoms with Crippen molar-refractivity contribution >= 4 is 40.8 Å². The van der Waals surface area contributed by atoms with E-state index >= 15 is 0 Å². The summed E-state index contributed by atoms with van der Waals surface area (Å²) in [4.78, 5) is 13.3. The van der Waals surface area contributed by atoms with E-state index in [4.69, 9.17) is 34.8 Å². The zero-order valence-electron chi connectivity index (χ0n) is 15.0. The van der Waals surface area contributed by atoms with Crippen LogP contribution >= 0.6 is 34.8 Å². The maximum atomic E-state index is 13.3. The maximum absolute atomic E-state index is 13.3. The number of halogens is 6. The Kier molecular flexibility index (Phi) is 6.68. The molecule has 3 nitrogen and oxygen atoms in total. The van der Waals surface area contributed by atoms with Crippen LogP contribution in [-0.2, 0) is 11.0 Å². The van der Waals surface area contributed by atoms with Crippen LogP contribution < -0.4 is 0 Å². The maximum Gasteiger partial charge on any atom is 0.416 e. The van der Waals surface area contributed by atoms with Crippen molar-refractivity contribution in [1.29, 1.82) is 0 Å². The summed E-state index contributed by atoms with van der Waals surface area (Å²) < 4.78 is 40.0. The molecular weight excluding hydrogens is 450 g/mol. The molecule has 0 bridgehead atoms. The van der Waals surface area contributed by atoms with Crippen molar-refractivity contribution in [2.75, 3.05) is 13.1 Å². The van der Waals surface area contributed by atoms with Crippen molar-refractivity contribution in [3.05, 3.63) is 68.2 Å². The van der Waals surface area contributed by atoms with E-state index in [9.17, 15) is 23.1 Å². The summed E-state index contributed by atoms with van der Waals surface area (Å²) in [7, 11) is 0. The second-order valence-corrected chi connectivity index (χ2v) is 8.14. The van der Waals surface area contributed by atoms with Gasteiger partial charge in [0.05, 0.1) is 27.6 Å². The Morgan fingerprint density at radius 2 is 1.83 bits per heavy atom. The number of likely N-dealkylation sites (tertiary alicyclic amines) is 1. The summed E-state index contributed by atoms with van der Waals surface area (Å²) >= 11 is 18.9. The molecule has 2 aromatic rings. The highest BCUT2D eigenvalue weighted by Crippen LogP contribution is 2.42. The molecule has 9 heteroatoms. The highest BCUT2D eigenvalue weighted by Gasteiger charge is 2.36. The van der Waals surface area contributed by atoms with E-state index in [0.29, 0.717) is 24.9 Å². The van der Waals surface area contributed by atoms with E-state index in [1.165, 1.54) is 6.07 Å². The summed E-state index contributed by atoms with van der Waals surface area (Å²) in [6.45, 7) is 0.652. The first-order valence-electron chi connectivity index (χ1n) is 8.87. The Labute approximate surface area is 181 Å². The number of hydrogen-bond acceptors (Lipinski definition) is 2. The van der Waals surface area contributed by atoms with Gasteiger partial charge in [0, 0.05) is 11.6 Å². The molecule has 1 N–H and O–H groups in total. The average Bonchev–Trinajstić information content (AvgIpc) is 2.66. The molecule has 2 atom stereocenters. The number of benzene rings is 2. The minimum atomic E-state index is -4.55. The van der Waals surface area contributed by atoms with Crippen LogP contribution in [0, 0.1) is 5.92 Å². The van der Waals surface area contributed by atoms with Crippen molar-refractivity contribution < 1.29 is 23.1 Å². The van der Waals surface area contributed by atoms with E-state index in [-0.39, 0.29) is 27.2 Å². The monoisotopic (exact) mass is 465 g/mol. The third-order valence-corrected chi connectivity index (χ3v) is 6.24. The number of carboxylic acid groups (broad SMARTS) is 1. The van der Waals surface area contributed by atoms with Crippen LogP contribution in [0.5, 0.6) is 0 Å². The minimum Gasteiger partial charge on any atom is -0.481 e. The third kappa shape index (κ3) is 4.82. The zero-order chi connectivity index (χ0) is 21.3.